The number of piperidine rings is 1. The first-order chi connectivity index (χ1) is 13.4. The molecule has 5 heteroatoms. The van der Waals surface area contributed by atoms with E-state index in [4.69, 9.17) is 0 Å². The molecule has 0 bridgehead atoms. The van der Waals surface area contributed by atoms with Crippen molar-refractivity contribution in [3.63, 3.8) is 0 Å². The average Bonchev–Trinajstić information content (AvgIpc) is 3.39. The van der Waals surface area contributed by atoms with Crippen molar-refractivity contribution in [1.29, 1.82) is 0 Å². The fraction of sp³-hybridized carbons (Fsp3) is 0.545. The number of likely N-dealkylation sites (tertiary alicyclic amines) is 1. The van der Waals surface area contributed by atoms with Gasteiger partial charge in [0.05, 0.1) is 11.2 Å². The maximum Gasteiger partial charge on any atom is 0.123 e. The van der Waals surface area contributed by atoms with Crippen molar-refractivity contribution in [2.75, 3.05) is 19.6 Å². The molecule has 0 unspecified atom stereocenters. The highest BCUT2D eigenvalue weighted by Crippen LogP contribution is 2.31. The number of nitrogens with zero attached hydrogens (tertiary/aromatic N) is 5. The summed E-state index contributed by atoms with van der Waals surface area (Å²) >= 11 is 0. The summed E-state index contributed by atoms with van der Waals surface area (Å²) < 4.78 is 4.48. The van der Waals surface area contributed by atoms with E-state index in [1.54, 1.807) is 12.7 Å². The van der Waals surface area contributed by atoms with Gasteiger partial charge in [-0.3, -0.25) is 4.57 Å². The lowest BCUT2D eigenvalue weighted by atomic mass is 9.88. The van der Waals surface area contributed by atoms with E-state index in [9.17, 15) is 0 Å². The van der Waals surface area contributed by atoms with Crippen molar-refractivity contribution in [2.45, 2.75) is 51.0 Å². The van der Waals surface area contributed by atoms with Gasteiger partial charge in [0, 0.05) is 31.9 Å². The van der Waals surface area contributed by atoms with Gasteiger partial charge >= 0.3 is 0 Å². The van der Waals surface area contributed by atoms with Crippen LogP contribution in [0.5, 0.6) is 0 Å². The van der Waals surface area contributed by atoms with E-state index in [-0.39, 0.29) is 0 Å². The zero-order valence-corrected chi connectivity index (χ0v) is 16.0. The summed E-state index contributed by atoms with van der Waals surface area (Å²) in [6.45, 7) is 3.81. The molecular formula is C22H29N5. The smallest absolute Gasteiger partial charge is 0.123 e. The van der Waals surface area contributed by atoms with Crippen LogP contribution in [0.1, 0.15) is 51.0 Å². The molecule has 0 N–H and O–H groups in total. The molecule has 1 saturated heterocycles. The van der Waals surface area contributed by atoms with Crippen LogP contribution in [0.3, 0.4) is 0 Å². The first-order valence-corrected chi connectivity index (χ1v) is 10.5. The van der Waals surface area contributed by atoms with Gasteiger partial charge in [0.25, 0.3) is 0 Å². The predicted octanol–water partition coefficient (Wildman–Crippen LogP) is 4.44. The Morgan fingerprint density at radius 3 is 2.44 bits per heavy atom. The van der Waals surface area contributed by atoms with Gasteiger partial charge in [0.2, 0.25) is 0 Å². The molecule has 0 atom stereocenters. The topological polar surface area (TPSA) is 38.9 Å². The average molecular weight is 364 g/mol. The van der Waals surface area contributed by atoms with Crippen molar-refractivity contribution >= 4 is 10.9 Å². The molecule has 5 nitrogen and oxygen atoms in total. The molecule has 1 aromatic carbocycles. The fourth-order valence-corrected chi connectivity index (χ4v) is 5.07. The third kappa shape index (κ3) is 3.53. The number of rotatable bonds is 4. The molecule has 1 aliphatic heterocycles. The van der Waals surface area contributed by atoms with Crippen molar-refractivity contribution in [1.82, 2.24) is 24.2 Å². The molecule has 1 aliphatic carbocycles. The molecule has 3 aromatic rings. The molecule has 27 heavy (non-hydrogen) atoms. The molecule has 2 aliphatic rings. The number of hydrogen-bond acceptors (Lipinski definition) is 3. The van der Waals surface area contributed by atoms with Crippen LogP contribution in [0, 0.1) is 5.92 Å². The third-order valence-corrected chi connectivity index (χ3v) is 6.62. The minimum absolute atomic E-state index is 0.612. The Morgan fingerprint density at radius 1 is 0.889 bits per heavy atom. The third-order valence-electron chi connectivity index (χ3n) is 6.62. The molecule has 1 saturated carbocycles. The van der Waals surface area contributed by atoms with E-state index in [1.807, 2.05) is 4.57 Å². The maximum atomic E-state index is 3.94. The van der Waals surface area contributed by atoms with E-state index in [0.29, 0.717) is 6.04 Å². The molecule has 0 spiro atoms. The lowest BCUT2D eigenvalue weighted by molar-refractivity contribution is 0.149. The molecular weight excluding hydrogens is 334 g/mol. The molecule has 0 radical (unpaired) electrons. The van der Waals surface area contributed by atoms with Crippen LogP contribution in [0.15, 0.2) is 43.1 Å². The summed E-state index contributed by atoms with van der Waals surface area (Å²) in [5, 5.41) is 9.19. The van der Waals surface area contributed by atoms with E-state index < -0.39 is 0 Å². The minimum atomic E-state index is 0.612. The van der Waals surface area contributed by atoms with Crippen LogP contribution < -0.4 is 0 Å². The highest BCUT2D eigenvalue weighted by Gasteiger charge is 2.24. The second kappa shape index (κ2) is 7.47. The zero-order valence-electron chi connectivity index (χ0n) is 16.0. The summed E-state index contributed by atoms with van der Waals surface area (Å²) in [4.78, 5) is 2.72. The maximum absolute atomic E-state index is 3.94. The Hall–Kier alpha value is -2.14. The van der Waals surface area contributed by atoms with E-state index in [2.05, 4.69) is 50.1 Å². The normalized spacial score (nSPS) is 20.4. The van der Waals surface area contributed by atoms with Crippen LogP contribution in [0.25, 0.3) is 16.6 Å². The SMILES string of the molecule is c1cc2ccn(C3CCN(CC4CCCCC4)CC3)c2cc1-n1cnnc1. The zero-order chi connectivity index (χ0) is 18.1. The number of benzene rings is 1. The van der Waals surface area contributed by atoms with Crippen LogP contribution in [0.2, 0.25) is 0 Å². The molecule has 2 aromatic heterocycles. The lowest BCUT2D eigenvalue weighted by Crippen LogP contribution is -2.38. The Morgan fingerprint density at radius 2 is 1.67 bits per heavy atom. The first kappa shape index (κ1) is 17.0. The minimum Gasteiger partial charge on any atom is -0.344 e. The quantitative estimate of drug-likeness (QED) is 0.688. The molecule has 0 amide bonds. The van der Waals surface area contributed by atoms with Crippen molar-refractivity contribution in [2.24, 2.45) is 5.92 Å². The number of hydrogen-bond donors (Lipinski definition) is 0. The van der Waals surface area contributed by atoms with Gasteiger partial charge in [0.15, 0.2) is 0 Å². The first-order valence-electron chi connectivity index (χ1n) is 10.5. The Balaban J connectivity index is 1.29. The van der Waals surface area contributed by atoms with Crippen LogP contribution in [0.4, 0.5) is 0 Å². The van der Waals surface area contributed by atoms with Gasteiger partial charge in [-0.1, -0.05) is 25.3 Å². The van der Waals surface area contributed by atoms with Crippen molar-refractivity contribution in [3.05, 3.63) is 43.1 Å². The van der Waals surface area contributed by atoms with Crippen molar-refractivity contribution < 1.29 is 0 Å². The van der Waals surface area contributed by atoms with Gasteiger partial charge in [-0.25, -0.2) is 0 Å². The molecule has 2 fully saturated rings. The summed E-state index contributed by atoms with van der Waals surface area (Å²) in [5.41, 5.74) is 2.45. The number of aromatic nitrogens is 4. The highest BCUT2D eigenvalue weighted by molar-refractivity contribution is 5.82. The second-order valence-corrected chi connectivity index (χ2v) is 8.37. The predicted molar refractivity (Wildman–Crippen MR) is 108 cm³/mol. The van der Waals surface area contributed by atoms with E-state index >= 15 is 0 Å². The van der Waals surface area contributed by atoms with Gasteiger partial charge in [0.1, 0.15) is 12.7 Å². The summed E-state index contributed by atoms with van der Waals surface area (Å²) in [6.07, 6.45) is 15.6. The molecule has 5 rings (SSSR count). The van der Waals surface area contributed by atoms with Gasteiger partial charge in [-0.2, -0.15) is 0 Å². The lowest BCUT2D eigenvalue weighted by Gasteiger charge is -2.36. The fourth-order valence-electron chi connectivity index (χ4n) is 5.07. The Labute approximate surface area is 161 Å². The van der Waals surface area contributed by atoms with Crippen molar-refractivity contribution in [3.8, 4) is 5.69 Å². The Kier molecular flexibility index (Phi) is 4.70. The van der Waals surface area contributed by atoms with Crippen LogP contribution in [-0.4, -0.2) is 43.9 Å². The second-order valence-electron chi connectivity index (χ2n) is 8.37. The largest absolute Gasteiger partial charge is 0.344 e. The number of fused-ring (bicyclic) bond motifs is 1. The summed E-state index contributed by atoms with van der Waals surface area (Å²) in [5.74, 6) is 0.953. The monoisotopic (exact) mass is 363 g/mol. The molecule has 3 heterocycles. The summed E-state index contributed by atoms with van der Waals surface area (Å²) in [7, 11) is 0. The highest BCUT2D eigenvalue weighted by atomic mass is 15.2. The van der Waals surface area contributed by atoms with Gasteiger partial charge in [-0.15, -0.1) is 10.2 Å². The molecule has 142 valence electrons. The van der Waals surface area contributed by atoms with Gasteiger partial charge in [-0.05, 0) is 55.2 Å². The van der Waals surface area contributed by atoms with Gasteiger partial charge < -0.3 is 9.47 Å². The standard InChI is InChI=1S/C22H29N5/c1-2-4-18(5-3-1)15-25-11-9-20(10-12-25)27-13-8-19-6-7-21(14-22(19)27)26-16-23-24-17-26/h6-8,13-14,16-18,20H,1-5,9-12,15H2. The van der Waals surface area contributed by atoms with Crippen LogP contribution in [-0.2, 0) is 0 Å². The van der Waals surface area contributed by atoms with Crippen LogP contribution >= 0.6 is 0 Å². The Bertz CT molecular complexity index is 867. The van der Waals surface area contributed by atoms with E-state index in [1.165, 1.54) is 75.5 Å². The van der Waals surface area contributed by atoms with E-state index in [0.717, 1.165) is 11.6 Å². The summed E-state index contributed by atoms with van der Waals surface area (Å²) in [6, 6.07) is 9.48.